The molecule has 1 rings (SSSR count). The lowest BCUT2D eigenvalue weighted by Crippen LogP contribution is -2.06. The van der Waals surface area contributed by atoms with Crippen molar-refractivity contribution in [3.05, 3.63) is 23.5 Å². The number of pyridine rings is 1. The summed E-state index contributed by atoms with van der Waals surface area (Å²) < 4.78 is 23.3. The molecule has 1 aromatic heterocycles. The first-order valence-corrected chi connectivity index (χ1v) is 6.42. The SMILES string of the molecule is CCCCS(=O)(=O)c1cncc(Cl)c1. The lowest BCUT2D eigenvalue weighted by Gasteiger charge is -2.02. The van der Waals surface area contributed by atoms with Gasteiger partial charge in [0.25, 0.3) is 0 Å². The highest BCUT2D eigenvalue weighted by molar-refractivity contribution is 7.91. The van der Waals surface area contributed by atoms with E-state index in [4.69, 9.17) is 11.6 Å². The molecule has 0 bridgehead atoms. The fourth-order valence-electron chi connectivity index (χ4n) is 1.01. The van der Waals surface area contributed by atoms with Crippen LogP contribution in [0.3, 0.4) is 0 Å². The molecule has 0 aromatic carbocycles. The largest absolute Gasteiger partial charge is 0.262 e. The molecule has 0 spiro atoms. The molecule has 78 valence electrons. The lowest BCUT2D eigenvalue weighted by atomic mass is 10.4. The van der Waals surface area contributed by atoms with Crippen molar-refractivity contribution in [1.29, 1.82) is 0 Å². The molecule has 0 atom stereocenters. The Morgan fingerprint density at radius 2 is 2.14 bits per heavy atom. The number of halogens is 1. The molecule has 0 N–H and O–H groups in total. The average Bonchev–Trinajstić information content (AvgIpc) is 2.15. The second-order valence-corrected chi connectivity index (χ2v) is 5.56. The number of hydrogen-bond donors (Lipinski definition) is 0. The second kappa shape index (κ2) is 4.75. The number of hydrogen-bond acceptors (Lipinski definition) is 3. The molecule has 1 heterocycles. The van der Waals surface area contributed by atoms with Crippen LogP contribution in [0, 0.1) is 0 Å². The van der Waals surface area contributed by atoms with Gasteiger partial charge in [-0.05, 0) is 12.5 Å². The maximum absolute atomic E-state index is 11.6. The number of sulfone groups is 1. The van der Waals surface area contributed by atoms with E-state index in [1.54, 1.807) is 0 Å². The van der Waals surface area contributed by atoms with Gasteiger partial charge >= 0.3 is 0 Å². The first kappa shape index (κ1) is 11.5. The Labute approximate surface area is 89.0 Å². The maximum Gasteiger partial charge on any atom is 0.179 e. The number of unbranched alkanes of at least 4 members (excludes halogenated alkanes) is 1. The standard InChI is InChI=1S/C9H12ClNO2S/c1-2-3-4-14(12,13)9-5-8(10)6-11-7-9/h5-7H,2-4H2,1H3. The number of rotatable bonds is 4. The van der Waals surface area contributed by atoms with Crippen LogP contribution in [-0.4, -0.2) is 19.2 Å². The van der Waals surface area contributed by atoms with Crippen molar-refractivity contribution in [2.45, 2.75) is 24.7 Å². The molecule has 0 saturated heterocycles. The minimum atomic E-state index is -3.19. The minimum absolute atomic E-state index is 0.158. The smallest absolute Gasteiger partial charge is 0.179 e. The predicted octanol–water partition coefficient (Wildman–Crippen LogP) is 2.31. The summed E-state index contributed by atoms with van der Waals surface area (Å²) in [7, 11) is -3.19. The summed E-state index contributed by atoms with van der Waals surface area (Å²) in [5.74, 6) is 0.158. The van der Waals surface area contributed by atoms with Crippen molar-refractivity contribution < 1.29 is 8.42 Å². The van der Waals surface area contributed by atoms with Crippen LogP contribution in [0.2, 0.25) is 5.02 Å². The Morgan fingerprint density at radius 3 is 2.71 bits per heavy atom. The molecule has 0 radical (unpaired) electrons. The summed E-state index contributed by atoms with van der Waals surface area (Å²) in [6.45, 7) is 1.95. The Kier molecular flexibility index (Phi) is 3.89. The van der Waals surface area contributed by atoms with Gasteiger partial charge in [-0.25, -0.2) is 8.42 Å². The molecule has 0 fully saturated rings. The van der Waals surface area contributed by atoms with Gasteiger partial charge in [0.1, 0.15) is 0 Å². The predicted molar refractivity (Wildman–Crippen MR) is 56.2 cm³/mol. The highest BCUT2D eigenvalue weighted by atomic mass is 35.5. The second-order valence-electron chi connectivity index (χ2n) is 3.01. The fraction of sp³-hybridized carbons (Fsp3) is 0.444. The van der Waals surface area contributed by atoms with Crippen molar-refractivity contribution in [3.8, 4) is 0 Å². The summed E-state index contributed by atoms with van der Waals surface area (Å²) in [6.07, 6.45) is 4.26. The van der Waals surface area contributed by atoms with Gasteiger partial charge in [0.15, 0.2) is 9.84 Å². The van der Waals surface area contributed by atoms with Gasteiger partial charge in [-0.2, -0.15) is 0 Å². The molecule has 0 aliphatic carbocycles. The first-order chi connectivity index (χ1) is 6.56. The first-order valence-electron chi connectivity index (χ1n) is 4.39. The Bertz CT molecular complexity index is 403. The van der Waals surface area contributed by atoms with Crippen LogP contribution in [0.15, 0.2) is 23.4 Å². The zero-order chi connectivity index (χ0) is 10.6. The summed E-state index contributed by atoms with van der Waals surface area (Å²) in [4.78, 5) is 3.95. The average molecular weight is 234 g/mol. The van der Waals surface area contributed by atoms with Crippen molar-refractivity contribution >= 4 is 21.4 Å². The molecular weight excluding hydrogens is 222 g/mol. The third kappa shape index (κ3) is 2.96. The van der Waals surface area contributed by atoms with Crippen LogP contribution in [0.1, 0.15) is 19.8 Å². The summed E-state index contributed by atoms with van der Waals surface area (Å²) in [6, 6.07) is 1.43. The van der Waals surface area contributed by atoms with Gasteiger partial charge < -0.3 is 0 Å². The van der Waals surface area contributed by atoms with Gasteiger partial charge in [-0.15, -0.1) is 0 Å². The zero-order valence-corrected chi connectivity index (χ0v) is 9.48. The topological polar surface area (TPSA) is 47.0 Å². The molecule has 5 heteroatoms. The quantitative estimate of drug-likeness (QED) is 0.802. The van der Waals surface area contributed by atoms with Crippen molar-refractivity contribution in [1.82, 2.24) is 4.98 Å². The van der Waals surface area contributed by atoms with Crippen molar-refractivity contribution in [3.63, 3.8) is 0 Å². The van der Waals surface area contributed by atoms with Gasteiger partial charge in [0, 0.05) is 12.4 Å². The van der Waals surface area contributed by atoms with E-state index in [1.165, 1.54) is 18.5 Å². The lowest BCUT2D eigenvalue weighted by molar-refractivity contribution is 0.592. The van der Waals surface area contributed by atoms with Crippen LogP contribution in [-0.2, 0) is 9.84 Å². The minimum Gasteiger partial charge on any atom is -0.262 e. The van der Waals surface area contributed by atoms with E-state index < -0.39 is 9.84 Å². The van der Waals surface area contributed by atoms with Crippen LogP contribution >= 0.6 is 11.6 Å². The third-order valence-electron chi connectivity index (χ3n) is 1.81. The highest BCUT2D eigenvalue weighted by Crippen LogP contribution is 2.15. The van der Waals surface area contributed by atoms with Crippen LogP contribution in [0.4, 0.5) is 0 Å². The summed E-state index contributed by atoms with van der Waals surface area (Å²) >= 11 is 5.66. The van der Waals surface area contributed by atoms with E-state index in [2.05, 4.69) is 4.98 Å². The fourth-order valence-corrected chi connectivity index (χ4v) is 2.69. The van der Waals surface area contributed by atoms with Crippen LogP contribution in [0.5, 0.6) is 0 Å². The van der Waals surface area contributed by atoms with E-state index in [0.717, 1.165) is 6.42 Å². The van der Waals surface area contributed by atoms with E-state index in [0.29, 0.717) is 11.4 Å². The monoisotopic (exact) mass is 233 g/mol. The van der Waals surface area contributed by atoms with E-state index >= 15 is 0 Å². The molecule has 0 saturated carbocycles. The number of nitrogens with zero attached hydrogens (tertiary/aromatic N) is 1. The number of aromatic nitrogens is 1. The van der Waals surface area contributed by atoms with E-state index in [1.807, 2.05) is 6.92 Å². The zero-order valence-electron chi connectivity index (χ0n) is 7.90. The van der Waals surface area contributed by atoms with Gasteiger partial charge in [-0.3, -0.25) is 4.98 Å². The molecular formula is C9H12ClNO2S. The highest BCUT2D eigenvalue weighted by Gasteiger charge is 2.13. The molecule has 0 aliphatic heterocycles. The maximum atomic E-state index is 11.6. The summed E-state index contributed by atoms with van der Waals surface area (Å²) in [5, 5.41) is 0.350. The van der Waals surface area contributed by atoms with Crippen molar-refractivity contribution in [2.24, 2.45) is 0 Å². The molecule has 0 aliphatic rings. The molecule has 0 amide bonds. The Balaban J connectivity index is 2.93. The van der Waals surface area contributed by atoms with E-state index in [9.17, 15) is 8.42 Å². The van der Waals surface area contributed by atoms with Crippen LogP contribution in [0.25, 0.3) is 0 Å². The third-order valence-corrected chi connectivity index (χ3v) is 3.78. The molecule has 3 nitrogen and oxygen atoms in total. The van der Waals surface area contributed by atoms with Gasteiger partial charge in [0.2, 0.25) is 0 Å². The van der Waals surface area contributed by atoms with Gasteiger partial charge in [-0.1, -0.05) is 24.9 Å². The van der Waals surface area contributed by atoms with Crippen molar-refractivity contribution in [2.75, 3.05) is 5.75 Å². The van der Waals surface area contributed by atoms with Crippen LogP contribution < -0.4 is 0 Å². The summed E-state index contributed by atoms with van der Waals surface area (Å²) in [5.41, 5.74) is 0. The Hall–Kier alpha value is -0.610. The Morgan fingerprint density at radius 1 is 1.43 bits per heavy atom. The normalized spacial score (nSPS) is 11.6. The molecule has 1 aromatic rings. The molecule has 14 heavy (non-hydrogen) atoms. The van der Waals surface area contributed by atoms with E-state index in [-0.39, 0.29) is 10.6 Å². The molecule has 0 unspecified atom stereocenters. The van der Waals surface area contributed by atoms with Gasteiger partial charge in [0.05, 0.1) is 15.7 Å².